The fourth-order valence-electron chi connectivity index (χ4n) is 2.09. The number of hydrogen-bond donors (Lipinski definition) is 0. The SMILES string of the molecule is Cc1occc1-c1nnc(SC(C)c2nc(C3CC3)no2)o1. The molecule has 22 heavy (non-hydrogen) atoms. The molecule has 1 aliphatic rings. The average Bonchev–Trinajstić information content (AvgIpc) is 2.92. The van der Waals surface area contributed by atoms with E-state index in [2.05, 4.69) is 20.3 Å². The molecule has 0 amide bonds. The van der Waals surface area contributed by atoms with Gasteiger partial charge in [0.25, 0.3) is 11.1 Å². The van der Waals surface area contributed by atoms with Gasteiger partial charge in [0.2, 0.25) is 5.89 Å². The zero-order chi connectivity index (χ0) is 15.1. The number of aryl methyl sites for hydroxylation is 1. The van der Waals surface area contributed by atoms with Crippen molar-refractivity contribution in [2.75, 3.05) is 0 Å². The molecule has 0 radical (unpaired) electrons. The molecule has 114 valence electrons. The molecular formula is C14H14N4O3S. The average molecular weight is 318 g/mol. The Hall–Kier alpha value is -2.09. The van der Waals surface area contributed by atoms with Crippen LogP contribution in [0.2, 0.25) is 0 Å². The summed E-state index contributed by atoms with van der Waals surface area (Å²) in [7, 11) is 0. The third kappa shape index (κ3) is 2.54. The molecule has 0 bridgehead atoms. The number of aromatic nitrogens is 4. The summed E-state index contributed by atoms with van der Waals surface area (Å²) >= 11 is 1.40. The molecule has 3 aromatic heterocycles. The van der Waals surface area contributed by atoms with Crippen LogP contribution in [0.4, 0.5) is 0 Å². The maximum absolute atomic E-state index is 5.66. The third-order valence-corrected chi connectivity index (χ3v) is 4.44. The van der Waals surface area contributed by atoms with Crippen LogP contribution in [-0.2, 0) is 0 Å². The Morgan fingerprint density at radius 1 is 1.32 bits per heavy atom. The summed E-state index contributed by atoms with van der Waals surface area (Å²) in [5.74, 6) is 3.08. The fraction of sp³-hybridized carbons (Fsp3) is 0.429. The highest BCUT2D eigenvalue weighted by Crippen LogP contribution is 2.40. The first-order chi connectivity index (χ1) is 10.7. The zero-order valence-electron chi connectivity index (χ0n) is 12.1. The predicted molar refractivity (Wildman–Crippen MR) is 77.3 cm³/mol. The number of hydrogen-bond acceptors (Lipinski definition) is 8. The third-order valence-electron chi connectivity index (χ3n) is 3.52. The lowest BCUT2D eigenvalue weighted by Crippen LogP contribution is -1.90. The Morgan fingerprint density at radius 2 is 2.18 bits per heavy atom. The van der Waals surface area contributed by atoms with Crippen molar-refractivity contribution in [3.63, 3.8) is 0 Å². The van der Waals surface area contributed by atoms with Gasteiger partial charge < -0.3 is 13.4 Å². The largest absolute Gasteiger partial charge is 0.469 e. The summed E-state index contributed by atoms with van der Waals surface area (Å²) in [5.41, 5.74) is 0.806. The van der Waals surface area contributed by atoms with Crippen LogP contribution in [0.1, 0.15) is 48.4 Å². The van der Waals surface area contributed by atoms with Gasteiger partial charge in [0.05, 0.1) is 17.1 Å². The molecule has 8 heteroatoms. The minimum Gasteiger partial charge on any atom is -0.469 e. The summed E-state index contributed by atoms with van der Waals surface area (Å²) < 4.78 is 16.2. The van der Waals surface area contributed by atoms with Crippen molar-refractivity contribution in [2.45, 2.75) is 43.1 Å². The summed E-state index contributed by atoms with van der Waals surface area (Å²) in [6.45, 7) is 3.83. The molecule has 0 spiro atoms. The molecule has 1 atom stereocenters. The first-order valence-electron chi connectivity index (χ1n) is 7.09. The Kier molecular flexibility index (Phi) is 3.25. The molecule has 7 nitrogen and oxygen atoms in total. The van der Waals surface area contributed by atoms with Crippen molar-refractivity contribution < 1.29 is 13.4 Å². The van der Waals surface area contributed by atoms with Gasteiger partial charge in [-0.1, -0.05) is 16.9 Å². The molecule has 3 heterocycles. The zero-order valence-corrected chi connectivity index (χ0v) is 13.0. The molecule has 1 saturated carbocycles. The van der Waals surface area contributed by atoms with E-state index in [1.54, 1.807) is 12.3 Å². The van der Waals surface area contributed by atoms with Gasteiger partial charge >= 0.3 is 0 Å². The lowest BCUT2D eigenvalue weighted by Gasteiger charge is -2.00. The van der Waals surface area contributed by atoms with E-state index in [0.29, 0.717) is 22.9 Å². The molecule has 0 N–H and O–H groups in total. The van der Waals surface area contributed by atoms with E-state index in [1.165, 1.54) is 11.8 Å². The number of thioether (sulfide) groups is 1. The van der Waals surface area contributed by atoms with Gasteiger partial charge in [-0.2, -0.15) is 4.98 Å². The van der Waals surface area contributed by atoms with E-state index in [9.17, 15) is 0 Å². The van der Waals surface area contributed by atoms with Crippen LogP contribution in [0.15, 0.2) is 30.9 Å². The number of furan rings is 1. The van der Waals surface area contributed by atoms with Crippen LogP contribution in [0.5, 0.6) is 0 Å². The molecule has 4 rings (SSSR count). The fourth-order valence-corrected chi connectivity index (χ4v) is 2.81. The van der Waals surface area contributed by atoms with Crippen LogP contribution in [0.25, 0.3) is 11.5 Å². The van der Waals surface area contributed by atoms with Crippen LogP contribution in [-0.4, -0.2) is 20.3 Å². The summed E-state index contributed by atoms with van der Waals surface area (Å²) in [5, 5.41) is 12.5. The maximum Gasteiger partial charge on any atom is 0.277 e. The maximum atomic E-state index is 5.66. The van der Waals surface area contributed by atoms with E-state index in [1.807, 2.05) is 13.8 Å². The van der Waals surface area contributed by atoms with Gasteiger partial charge in [-0.3, -0.25) is 0 Å². The second kappa shape index (κ2) is 5.28. The number of nitrogens with zero attached hydrogens (tertiary/aromatic N) is 4. The Bertz CT molecular complexity index is 789. The molecule has 1 unspecified atom stereocenters. The minimum absolute atomic E-state index is 0.0428. The second-order valence-corrected chi connectivity index (χ2v) is 6.58. The Labute approximate surface area is 130 Å². The standard InChI is InChI=1S/C14H14N4O3S/c1-7-10(5-6-19-7)13-16-17-14(20-13)22-8(2)12-15-11(18-21-12)9-3-4-9/h5-6,8-9H,3-4H2,1-2H3. The smallest absolute Gasteiger partial charge is 0.277 e. The van der Waals surface area contributed by atoms with Crippen molar-refractivity contribution in [2.24, 2.45) is 0 Å². The second-order valence-electron chi connectivity index (χ2n) is 5.29. The molecule has 1 fully saturated rings. The van der Waals surface area contributed by atoms with Gasteiger partial charge in [0.1, 0.15) is 5.76 Å². The highest BCUT2D eigenvalue weighted by molar-refractivity contribution is 7.99. The quantitative estimate of drug-likeness (QED) is 0.657. The first-order valence-corrected chi connectivity index (χ1v) is 7.97. The van der Waals surface area contributed by atoms with Crippen molar-refractivity contribution in [3.05, 3.63) is 29.8 Å². The van der Waals surface area contributed by atoms with E-state index >= 15 is 0 Å². The van der Waals surface area contributed by atoms with Crippen molar-refractivity contribution in [1.82, 2.24) is 20.3 Å². The molecule has 0 aromatic carbocycles. The van der Waals surface area contributed by atoms with E-state index < -0.39 is 0 Å². The highest BCUT2D eigenvalue weighted by Gasteiger charge is 2.30. The van der Waals surface area contributed by atoms with E-state index in [0.717, 1.165) is 30.0 Å². The Morgan fingerprint density at radius 3 is 2.91 bits per heavy atom. The summed E-state index contributed by atoms with van der Waals surface area (Å²) in [6, 6.07) is 1.81. The predicted octanol–water partition coefficient (Wildman–Crippen LogP) is 3.75. The highest BCUT2D eigenvalue weighted by atomic mass is 32.2. The van der Waals surface area contributed by atoms with Crippen molar-refractivity contribution in [1.29, 1.82) is 0 Å². The van der Waals surface area contributed by atoms with Gasteiger partial charge in [0, 0.05) is 5.92 Å². The van der Waals surface area contributed by atoms with Crippen molar-refractivity contribution in [3.8, 4) is 11.5 Å². The lowest BCUT2D eigenvalue weighted by molar-refractivity contribution is 0.374. The van der Waals surface area contributed by atoms with Crippen LogP contribution >= 0.6 is 11.8 Å². The summed E-state index contributed by atoms with van der Waals surface area (Å²) in [6.07, 6.45) is 3.90. The summed E-state index contributed by atoms with van der Waals surface area (Å²) in [4.78, 5) is 4.44. The first kappa shape index (κ1) is 13.6. The van der Waals surface area contributed by atoms with Crippen molar-refractivity contribution >= 4 is 11.8 Å². The van der Waals surface area contributed by atoms with Gasteiger partial charge in [-0.25, -0.2) is 0 Å². The van der Waals surface area contributed by atoms with Crippen LogP contribution < -0.4 is 0 Å². The molecule has 1 aliphatic carbocycles. The van der Waals surface area contributed by atoms with E-state index in [4.69, 9.17) is 13.4 Å². The topological polar surface area (TPSA) is 91.0 Å². The van der Waals surface area contributed by atoms with Gasteiger partial charge in [-0.15, -0.1) is 10.2 Å². The van der Waals surface area contributed by atoms with Crippen LogP contribution in [0.3, 0.4) is 0 Å². The normalized spacial score (nSPS) is 16.1. The van der Waals surface area contributed by atoms with E-state index in [-0.39, 0.29) is 5.25 Å². The minimum atomic E-state index is -0.0428. The number of rotatable bonds is 5. The van der Waals surface area contributed by atoms with Gasteiger partial charge in [0.15, 0.2) is 5.82 Å². The molecule has 0 saturated heterocycles. The molecule has 3 aromatic rings. The van der Waals surface area contributed by atoms with Gasteiger partial charge in [-0.05, 0) is 32.8 Å². The molecular weight excluding hydrogens is 304 g/mol. The van der Waals surface area contributed by atoms with Crippen LogP contribution in [0, 0.1) is 6.92 Å². The lowest BCUT2D eigenvalue weighted by atomic mass is 10.3. The Balaban J connectivity index is 1.48. The molecule has 0 aliphatic heterocycles. The monoisotopic (exact) mass is 318 g/mol.